The average Bonchev–Trinajstić information content (AvgIpc) is 4.03. The van der Waals surface area contributed by atoms with Crippen molar-refractivity contribution in [2.45, 2.75) is 60.6 Å². The van der Waals surface area contributed by atoms with Crippen molar-refractivity contribution >= 4 is 109 Å². The van der Waals surface area contributed by atoms with Gasteiger partial charge in [0.2, 0.25) is 0 Å². The minimum Gasteiger partial charge on any atom is -0.379 e. The monoisotopic (exact) mass is 1240 g/mol. The molecule has 1 N–H and O–H groups in total. The number of rotatable bonds is 12. The summed E-state index contributed by atoms with van der Waals surface area (Å²) in [5.74, 6) is -2.03. The highest BCUT2D eigenvalue weighted by Gasteiger charge is 2.43. The van der Waals surface area contributed by atoms with Crippen molar-refractivity contribution in [3.63, 3.8) is 0 Å². The largest absolute Gasteiger partial charge is 0.379 e. The third kappa shape index (κ3) is 11.7. The predicted molar refractivity (Wildman–Crippen MR) is 309 cm³/mol. The number of aromatic nitrogens is 3. The second kappa shape index (κ2) is 24.0. The van der Waals surface area contributed by atoms with E-state index in [9.17, 15) is 21.6 Å². The van der Waals surface area contributed by atoms with Crippen LogP contribution < -0.4 is 0 Å². The number of morpholine rings is 2. The van der Waals surface area contributed by atoms with E-state index in [0.29, 0.717) is 124 Å². The first-order valence-corrected chi connectivity index (χ1v) is 30.9. The van der Waals surface area contributed by atoms with E-state index in [-0.39, 0.29) is 15.6 Å². The third-order valence-corrected chi connectivity index (χ3v) is 19.2. The molecular formula is C57H59BrCl3N5O11S2. The number of carbonyl (C=O) groups excluding carboxylic acids is 1. The van der Waals surface area contributed by atoms with Crippen LogP contribution in [0.4, 0.5) is 0 Å². The number of hydrogen-bond acceptors (Lipinski definition) is 13. The van der Waals surface area contributed by atoms with Gasteiger partial charge in [0.15, 0.2) is 17.4 Å². The van der Waals surface area contributed by atoms with Crippen LogP contribution in [0.1, 0.15) is 59.3 Å². The van der Waals surface area contributed by atoms with Gasteiger partial charge >= 0.3 is 0 Å². The van der Waals surface area contributed by atoms with Crippen molar-refractivity contribution in [1.29, 1.82) is 0 Å². The quantitative estimate of drug-likeness (QED) is 0.0905. The van der Waals surface area contributed by atoms with Gasteiger partial charge in [0.05, 0.1) is 85.1 Å². The summed E-state index contributed by atoms with van der Waals surface area (Å²) in [5, 5.41) is 4.31. The molecule has 4 aliphatic heterocycles. The van der Waals surface area contributed by atoms with Crippen molar-refractivity contribution in [3.8, 4) is 0 Å². The van der Waals surface area contributed by atoms with Gasteiger partial charge in [-0.3, -0.25) is 14.6 Å². The number of halogens is 4. The van der Waals surface area contributed by atoms with Crippen LogP contribution in [-0.2, 0) is 78.5 Å². The lowest BCUT2D eigenvalue weighted by Gasteiger charge is -2.30. The normalized spacial score (nSPS) is 17.9. The molecule has 5 aromatic carbocycles. The van der Waals surface area contributed by atoms with Gasteiger partial charge in [-0.05, 0) is 99.6 Å². The molecule has 16 nitrogen and oxygen atoms in total. The molecule has 3 aromatic heterocycles. The van der Waals surface area contributed by atoms with Crippen molar-refractivity contribution in [2.75, 3.05) is 79.0 Å². The molecule has 0 unspecified atom stereocenters. The molecule has 79 heavy (non-hydrogen) atoms. The Labute approximate surface area is 482 Å². The first-order chi connectivity index (χ1) is 37.9. The zero-order chi connectivity index (χ0) is 55.7. The fourth-order valence-electron chi connectivity index (χ4n) is 10.8. The Bertz CT molecular complexity index is 3740. The standard InChI is InChI=1S/C23H25ClN2O5S.C19H17BrClNO4S.C15H17ClN2O2/c1-23(30-13-14-31-23)22-19-15-17(24)7-8-20(19)26(21(22)16-25-9-11-29-12-10-25)32(27,28)18-5-3-2-4-6-18;1-19(25-9-10-26-19)18-15-11-13(21)7-8-16(15)22(17(18)12-20)27(23,24)14-5-3-2-4-6-14;1-10(19)15-12-8-11(16)2-3-13(12)17-14(15)9-18-4-6-20-7-5-18/h2-8,15H,9-14,16H2,1H3;2-8,11H,9-10,12H2,1H3;2-3,8,17H,4-7,9H2,1H3. The van der Waals surface area contributed by atoms with E-state index < -0.39 is 31.6 Å². The van der Waals surface area contributed by atoms with Crippen LogP contribution in [0.25, 0.3) is 32.7 Å². The number of aromatic amines is 1. The van der Waals surface area contributed by atoms with Gasteiger partial charge in [-0.15, -0.1) is 0 Å². The zero-order valence-corrected chi connectivity index (χ0v) is 49.2. The maximum atomic E-state index is 13.9. The van der Waals surface area contributed by atoms with Gasteiger partial charge in [-0.1, -0.05) is 87.1 Å². The maximum Gasteiger partial charge on any atom is 0.268 e. The number of benzene rings is 5. The number of carbonyl (C=O) groups is 1. The summed E-state index contributed by atoms with van der Waals surface area (Å²) in [6.45, 7) is 14.1. The minimum atomic E-state index is -3.89. The molecule has 418 valence electrons. The van der Waals surface area contributed by atoms with E-state index in [2.05, 4.69) is 30.7 Å². The van der Waals surface area contributed by atoms with E-state index in [1.807, 2.05) is 25.1 Å². The van der Waals surface area contributed by atoms with Crippen LogP contribution >= 0.6 is 50.7 Å². The Morgan fingerprint density at radius 2 is 0.962 bits per heavy atom. The molecule has 0 bridgehead atoms. The average molecular weight is 1240 g/mol. The Balaban J connectivity index is 0.000000137. The molecule has 8 aromatic rings. The van der Waals surface area contributed by atoms with E-state index in [1.165, 1.54) is 7.94 Å². The molecule has 4 saturated heterocycles. The fraction of sp³-hybridized carbons (Fsp3) is 0.351. The van der Waals surface area contributed by atoms with E-state index in [4.69, 9.17) is 63.2 Å². The highest BCUT2D eigenvalue weighted by atomic mass is 79.9. The summed E-state index contributed by atoms with van der Waals surface area (Å²) in [5.41, 5.74) is 6.34. The van der Waals surface area contributed by atoms with Crippen molar-refractivity contribution < 1.29 is 50.1 Å². The van der Waals surface area contributed by atoms with Crippen molar-refractivity contribution in [1.82, 2.24) is 22.7 Å². The minimum absolute atomic E-state index is 0.0711. The lowest BCUT2D eigenvalue weighted by Crippen LogP contribution is -2.37. The first kappa shape index (κ1) is 57.6. The number of hydrogen-bond donors (Lipinski definition) is 1. The lowest BCUT2D eigenvalue weighted by molar-refractivity contribution is -0.149. The van der Waals surface area contributed by atoms with Crippen LogP contribution in [0.2, 0.25) is 15.1 Å². The molecule has 0 aliphatic carbocycles. The van der Waals surface area contributed by atoms with Crippen LogP contribution in [0, 0.1) is 0 Å². The number of ketones is 1. The SMILES string of the molecule is CC(=O)c1c(CN2CCOCC2)[nH]c2ccc(Cl)cc12.CC1(c2c(CBr)n(S(=O)(=O)c3ccccc3)c3ccc(Cl)cc23)OCCO1.CC1(c2c(CN3CCOCC3)n(S(=O)(=O)c3ccccc3)c3ccc(Cl)cc23)OCCO1. The topological polar surface area (TPSA) is 173 Å². The van der Waals surface area contributed by atoms with Gasteiger partial charge in [0.25, 0.3) is 20.0 Å². The van der Waals surface area contributed by atoms with Crippen LogP contribution in [0.15, 0.2) is 125 Å². The molecule has 12 rings (SSSR count). The number of ether oxygens (including phenoxy) is 6. The molecule has 0 saturated carbocycles. The fourth-order valence-corrected chi connectivity index (χ4v) is 15.2. The summed E-state index contributed by atoms with van der Waals surface area (Å²) in [4.78, 5) is 20.3. The molecule has 0 atom stereocenters. The summed E-state index contributed by atoms with van der Waals surface area (Å²) in [6.07, 6.45) is 0. The van der Waals surface area contributed by atoms with Crippen LogP contribution in [0.3, 0.4) is 0 Å². The number of nitrogens with zero attached hydrogens (tertiary/aromatic N) is 4. The van der Waals surface area contributed by atoms with Crippen LogP contribution in [0.5, 0.6) is 0 Å². The Morgan fingerprint density at radius 1 is 0.557 bits per heavy atom. The summed E-state index contributed by atoms with van der Waals surface area (Å²) < 4.78 is 92.2. The zero-order valence-electron chi connectivity index (χ0n) is 43.7. The van der Waals surface area contributed by atoms with Gasteiger partial charge in [-0.25, -0.2) is 24.8 Å². The second-order valence-electron chi connectivity index (χ2n) is 19.6. The van der Waals surface area contributed by atoms with E-state index in [0.717, 1.165) is 55.0 Å². The highest BCUT2D eigenvalue weighted by Crippen LogP contribution is 2.45. The highest BCUT2D eigenvalue weighted by molar-refractivity contribution is 9.08. The first-order valence-electron chi connectivity index (χ1n) is 25.7. The summed E-state index contributed by atoms with van der Waals surface area (Å²) in [6, 6.07) is 32.8. The smallest absolute Gasteiger partial charge is 0.268 e. The molecule has 4 aliphatic rings. The van der Waals surface area contributed by atoms with Gasteiger partial charge in [0, 0.05) is 104 Å². The molecule has 0 spiro atoms. The number of alkyl halides is 1. The number of nitrogens with one attached hydrogen (secondary N) is 1. The summed E-state index contributed by atoms with van der Waals surface area (Å²) in [7, 11) is -7.71. The van der Waals surface area contributed by atoms with Crippen molar-refractivity contribution in [2.24, 2.45) is 0 Å². The second-order valence-corrected chi connectivity index (χ2v) is 25.0. The number of Topliss-reactive ketones (excluding diaryl/α,β-unsaturated/α-hetero) is 1. The Kier molecular flexibility index (Phi) is 17.5. The van der Waals surface area contributed by atoms with E-state index >= 15 is 0 Å². The molecule has 4 fully saturated rings. The molecular weight excluding hydrogens is 1180 g/mol. The Morgan fingerprint density at radius 3 is 1.41 bits per heavy atom. The lowest BCUT2D eigenvalue weighted by atomic mass is 10.0. The van der Waals surface area contributed by atoms with Gasteiger partial charge in [-0.2, -0.15) is 0 Å². The molecule has 22 heteroatoms. The predicted octanol–water partition coefficient (Wildman–Crippen LogP) is 11.1. The molecule has 0 radical (unpaired) electrons. The number of H-pyrrole nitrogens is 1. The van der Waals surface area contributed by atoms with E-state index in [1.54, 1.807) is 111 Å². The maximum absolute atomic E-state index is 13.9. The van der Waals surface area contributed by atoms with Crippen LogP contribution in [-0.4, -0.2) is 124 Å². The summed E-state index contributed by atoms with van der Waals surface area (Å²) >= 11 is 22.1. The third-order valence-electron chi connectivity index (χ3n) is 14.4. The molecule has 7 heterocycles. The number of fused-ring (bicyclic) bond motifs is 3. The van der Waals surface area contributed by atoms with Crippen molar-refractivity contribution in [3.05, 3.63) is 164 Å². The molecule has 0 amide bonds. The van der Waals surface area contributed by atoms with Gasteiger partial charge < -0.3 is 33.4 Å². The Hall–Kier alpha value is -4.68. The van der Waals surface area contributed by atoms with Gasteiger partial charge in [0.1, 0.15) is 0 Å².